The van der Waals surface area contributed by atoms with Gasteiger partial charge in [-0.05, 0) is 24.3 Å². The zero-order chi connectivity index (χ0) is 18.3. The average Bonchev–Trinajstić information content (AvgIpc) is 3.10. The number of nitrogens with zero attached hydrogens (tertiary/aromatic N) is 3. The van der Waals surface area contributed by atoms with Crippen LogP contribution in [0.25, 0.3) is 0 Å². The molecule has 0 unspecified atom stereocenters. The van der Waals surface area contributed by atoms with Crippen LogP contribution >= 0.6 is 27.7 Å². The van der Waals surface area contributed by atoms with Gasteiger partial charge in [0.05, 0.1) is 11.4 Å². The highest BCUT2D eigenvalue weighted by atomic mass is 79.9. The molecule has 1 aromatic heterocycles. The second-order valence-corrected chi connectivity index (χ2v) is 8.81. The first-order chi connectivity index (χ1) is 11.9. The fourth-order valence-corrected chi connectivity index (χ4v) is 4.25. The van der Waals surface area contributed by atoms with Crippen LogP contribution < -0.4 is 5.32 Å². The maximum absolute atomic E-state index is 12.6. The number of nitrogens with one attached hydrogen (secondary N) is 2. The Morgan fingerprint density at radius 1 is 1.36 bits per heavy atom. The molecule has 0 radical (unpaired) electrons. The van der Waals surface area contributed by atoms with Gasteiger partial charge < -0.3 is 5.32 Å². The minimum absolute atomic E-state index is 0.159. The fraction of sp³-hybridized carbons (Fsp3) is 0.357. The number of H-pyrrole nitrogens is 1. The summed E-state index contributed by atoms with van der Waals surface area (Å²) in [6.07, 6.45) is 1.41. The standard InChI is InChI=1S/C14H18BrN5O3S2/c1-2-20(25(22,23)12-5-3-11(15)4-6-12)9-13(21)16-7-8-24-14-17-10-18-19-14/h3-6,10H,2,7-9H2,1H3,(H,16,21)(H,17,18,19). The summed E-state index contributed by atoms with van der Waals surface area (Å²) in [6, 6.07) is 6.32. The van der Waals surface area contributed by atoms with Crippen molar-refractivity contribution >= 4 is 43.6 Å². The van der Waals surface area contributed by atoms with E-state index in [1.807, 2.05) is 0 Å². The zero-order valence-corrected chi connectivity index (χ0v) is 16.7. The zero-order valence-electron chi connectivity index (χ0n) is 13.5. The van der Waals surface area contributed by atoms with E-state index >= 15 is 0 Å². The van der Waals surface area contributed by atoms with Crippen LogP contribution in [-0.4, -0.2) is 59.2 Å². The van der Waals surface area contributed by atoms with Crippen molar-refractivity contribution in [2.45, 2.75) is 17.0 Å². The van der Waals surface area contributed by atoms with Crippen LogP contribution in [0, 0.1) is 0 Å². The van der Waals surface area contributed by atoms with Gasteiger partial charge in [0, 0.05) is 23.3 Å². The lowest BCUT2D eigenvalue weighted by molar-refractivity contribution is -0.121. The number of carbonyl (C=O) groups is 1. The number of hydrogen-bond donors (Lipinski definition) is 2. The van der Waals surface area contributed by atoms with Crippen LogP contribution in [0.2, 0.25) is 0 Å². The number of likely N-dealkylation sites (N-methyl/N-ethyl adjacent to an activating group) is 1. The Morgan fingerprint density at radius 3 is 2.68 bits per heavy atom. The number of halogens is 1. The summed E-state index contributed by atoms with van der Waals surface area (Å²) in [5, 5.41) is 9.81. The van der Waals surface area contributed by atoms with Crippen molar-refractivity contribution < 1.29 is 13.2 Å². The van der Waals surface area contributed by atoms with Crippen molar-refractivity contribution in [2.24, 2.45) is 0 Å². The van der Waals surface area contributed by atoms with Crippen LogP contribution in [0.4, 0.5) is 0 Å². The number of aromatic amines is 1. The Morgan fingerprint density at radius 2 is 2.08 bits per heavy atom. The quantitative estimate of drug-likeness (QED) is 0.445. The van der Waals surface area contributed by atoms with Crippen molar-refractivity contribution in [3.63, 3.8) is 0 Å². The molecule has 0 spiro atoms. The SMILES string of the molecule is CCN(CC(=O)NCCSc1ncn[nH]1)S(=O)(=O)c1ccc(Br)cc1. The van der Waals surface area contributed by atoms with E-state index in [-0.39, 0.29) is 23.9 Å². The molecular weight excluding hydrogens is 430 g/mol. The van der Waals surface area contributed by atoms with Gasteiger partial charge in [-0.2, -0.15) is 9.40 Å². The maximum atomic E-state index is 12.6. The minimum Gasteiger partial charge on any atom is -0.354 e. The van der Waals surface area contributed by atoms with E-state index in [1.54, 1.807) is 19.1 Å². The number of benzene rings is 1. The van der Waals surface area contributed by atoms with E-state index in [0.29, 0.717) is 17.5 Å². The van der Waals surface area contributed by atoms with E-state index in [1.165, 1.54) is 30.2 Å². The lowest BCUT2D eigenvalue weighted by atomic mass is 10.4. The summed E-state index contributed by atoms with van der Waals surface area (Å²) in [4.78, 5) is 16.2. The summed E-state index contributed by atoms with van der Waals surface area (Å²) in [5.41, 5.74) is 0. The number of hydrogen-bond acceptors (Lipinski definition) is 6. The molecule has 0 bridgehead atoms. The van der Waals surface area contributed by atoms with Crippen molar-refractivity contribution in [1.82, 2.24) is 24.8 Å². The van der Waals surface area contributed by atoms with E-state index in [0.717, 1.165) is 8.78 Å². The van der Waals surface area contributed by atoms with Crippen LogP contribution in [-0.2, 0) is 14.8 Å². The van der Waals surface area contributed by atoms with Gasteiger partial charge in [0.15, 0.2) is 5.16 Å². The molecule has 0 aliphatic rings. The van der Waals surface area contributed by atoms with E-state index in [9.17, 15) is 13.2 Å². The topological polar surface area (TPSA) is 108 Å². The Hall–Kier alpha value is -1.43. The molecule has 2 rings (SSSR count). The maximum Gasteiger partial charge on any atom is 0.243 e. The first kappa shape index (κ1) is 19.9. The lowest BCUT2D eigenvalue weighted by Gasteiger charge is -2.20. The lowest BCUT2D eigenvalue weighted by Crippen LogP contribution is -2.41. The highest BCUT2D eigenvalue weighted by Crippen LogP contribution is 2.18. The van der Waals surface area contributed by atoms with Gasteiger partial charge in [-0.25, -0.2) is 13.4 Å². The third-order valence-corrected chi connectivity index (χ3v) is 6.52. The Kier molecular flexibility index (Phi) is 7.41. The Bertz CT molecular complexity index is 781. The molecule has 0 atom stereocenters. The molecule has 1 amide bonds. The molecule has 1 aromatic carbocycles. The second kappa shape index (κ2) is 9.32. The molecule has 0 saturated carbocycles. The normalized spacial score (nSPS) is 11.6. The van der Waals surface area contributed by atoms with Crippen LogP contribution in [0.3, 0.4) is 0 Å². The molecule has 136 valence electrons. The summed E-state index contributed by atoms with van der Waals surface area (Å²) < 4.78 is 27.1. The van der Waals surface area contributed by atoms with Crippen LogP contribution in [0.5, 0.6) is 0 Å². The number of rotatable bonds is 9. The van der Waals surface area contributed by atoms with Gasteiger partial charge in [-0.3, -0.25) is 9.89 Å². The monoisotopic (exact) mass is 447 g/mol. The van der Waals surface area contributed by atoms with Crippen LogP contribution in [0.15, 0.2) is 45.1 Å². The molecule has 0 aliphatic heterocycles. The van der Waals surface area contributed by atoms with E-state index in [2.05, 4.69) is 36.4 Å². The first-order valence-electron chi connectivity index (χ1n) is 7.44. The largest absolute Gasteiger partial charge is 0.354 e. The van der Waals surface area contributed by atoms with Gasteiger partial charge in [0.2, 0.25) is 15.9 Å². The molecule has 8 nitrogen and oxygen atoms in total. The highest BCUT2D eigenvalue weighted by Gasteiger charge is 2.25. The molecule has 0 saturated heterocycles. The first-order valence-corrected chi connectivity index (χ1v) is 10.7. The summed E-state index contributed by atoms with van der Waals surface area (Å²) in [7, 11) is -3.71. The predicted molar refractivity (Wildman–Crippen MR) is 98.7 cm³/mol. The Labute approximate surface area is 159 Å². The molecule has 2 N–H and O–H groups in total. The molecular formula is C14H18BrN5O3S2. The molecule has 1 heterocycles. The average molecular weight is 448 g/mol. The van der Waals surface area contributed by atoms with Crippen molar-refractivity contribution in [1.29, 1.82) is 0 Å². The smallest absolute Gasteiger partial charge is 0.243 e. The van der Waals surface area contributed by atoms with Crippen LogP contribution in [0.1, 0.15) is 6.92 Å². The second-order valence-electron chi connectivity index (χ2n) is 4.87. The summed E-state index contributed by atoms with van der Waals surface area (Å²) in [5.74, 6) is 0.257. The van der Waals surface area contributed by atoms with Gasteiger partial charge in [-0.15, -0.1) is 0 Å². The van der Waals surface area contributed by atoms with Gasteiger partial charge >= 0.3 is 0 Å². The van der Waals surface area contributed by atoms with Crippen molar-refractivity contribution in [3.05, 3.63) is 35.1 Å². The van der Waals surface area contributed by atoms with Crippen molar-refractivity contribution in [2.75, 3.05) is 25.4 Å². The number of carbonyl (C=O) groups excluding carboxylic acids is 1. The predicted octanol–water partition coefficient (Wildman–Crippen LogP) is 1.49. The molecule has 11 heteroatoms. The van der Waals surface area contributed by atoms with E-state index < -0.39 is 10.0 Å². The van der Waals surface area contributed by atoms with E-state index in [4.69, 9.17) is 0 Å². The number of amides is 1. The fourth-order valence-electron chi connectivity index (χ4n) is 1.94. The van der Waals surface area contributed by atoms with Crippen molar-refractivity contribution in [3.8, 4) is 0 Å². The highest BCUT2D eigenvalue weighted by molar-refractivity contribution is 9.10. The number of sulfonamides is 1. The van der Waals surface area contributed by atoms with Gasteiger partial charge in [-0.1, -0.05) is 34.6 Å². The Balaban J connectivity index is 1.87. The molecule has 2 aromatic rings. The van der Waals surface area contributed by atoms with Gasteiger partial charge in [0.1, 0.15) is 6.33 Å². The number of thioether (sulfide) groups is 1. The molecule has 25 heavy (non-hydrogen) atoms. The number of aromatic nitrogens is 3. The third-order valence-electron chi connectivity index (χ3n) is 3.18. The van der Waals surface area contributed by atoms with Gasteiger partial charge in [0.25, 0.3) is 0 Å². The summed E-state index contributed by atoms with van der Waals surface area (Å²) >= 11 is 4.69. The minimum atomic E-state index is -3.71. The molecule has 0 aliphatic carbocycles. The molecule has 0 fully saturated rings. The third kappa shape index (κ3) is 5.80. The summed E-state index contributed by atoms with van der Waals surface area (Å²) in [6.45, 7) is 2.09.